The average Bonchev–Trinajstić information content (AvgIpc) is 1.76. The van der Waals surface area contributed by atoms with Gasteiger partial charge in [0.25, 0.3) is 0 Å². The number of hydrogen-bond acceptors (Lipinski definition) is 3. The minimum absolute atomic E-state index is 0. The van der Waals surface area contributed by atoms with Crippen LogP contribution in [-0.4, -0.2) is 43.0 Å². The molecule has 0 aliphatic carbocycles. The fourth-order valence-corrected chi connectivity index (χ4v) is 8.85. The topological polar surface area (TPSA) is 27.7 Å². The summed E-state index contributed by atoms with van der Waals surface area (Å²) in [5.41, 5.74) is -0.610. The van der Waals surface area contributed by atoms with Crippen molar-refractivity contribution >= 4 is 37.4 Å². The van der Waals surface area contributed by atoms with Crippen molar-refractivity contribution in [3.63, 3.8) is 0 Å². The molecule has 0 heterocycles. The molecule has 0 amide bonds. The van der Waals surface area contributed by atoms with Gasteiger partial charge in [0.1, 0.15) is 10.2 Å². The Balaban J connectivity index is -0.000000282. The lowest BCUT2D eigenvalue weighted by Crippen LogP contribution is -2.48. The second-order valence-electron chi connectivity index (χ2n) is 4.36. The van der Waals surface area contributed by atoms with Crippen LogP contribution in [0, 0.1) is 0 Å². The molecule has 7 heteroatoms. The molecule has 0 saturated heterocycles. The number of hydrogen-bond donors (Lipinski definition) is 0. The minimum Gasteiger partial charge on any atom is -0.379 e. The van der Waals surface area contributed by atoms with E-state index >= 15 is 0 Å². The van der Waals surface area contributed by atoms with Crippen LogP contribution in [0.4, 0.5) is 0 Å². The van der Waals surface area contributed by atoms with Crippen LogP contribution in [0.25, 0.3) is 0 Å². The van der Waals surface area contributed by atoms with Gasteiger partial charge in [-0.25, -0.2) is 0 Å². The molecule has 0 aliphatic heterocycles. The SMILES string of the molecule is C[SiH](C)OC([SiH3])(O[SiH](C)C)O[SiH](C)C.[H+].[H+].[H+]. The van der Waals surface area contributed by atoms with Gasteiger partial charge in [-0.3, -0.25) is 0 Å². The van der Waals surface area contributed by atoms with Gasteiger partial charge < -0.3 is 13.3 Å². The first kappa shape index (κ1) is 14.7. The van der Waals surface area contributed by atoms with E-state index in [-0.39, 0.29) is 4.28 Å². The quantitative estimate of drug-likeness (QED) is 0.514. The molecular formula is C7H27O3Si4+3. The second-order valence-corrected chi connectivity index (χ2v) is 12.6. The third kappa shape index (κ3) is 7.09. The van der Waals surface area contributed by atoms with E-state index in [0.717, 1.165) is 10.2 Å². The molecule has 14 heavy (non-hydrogen) atoms. The lowest BCUT2D eigenvalue weighted by Gasteiger charge is -2.36. The van der Waals surface area contributed by atoms with Gasteiger partial charge in [0.15, 0.2) is 27.1 Å². The van der Waals surface area contributed by atoms with Gasteiger partial charge in [0.2, 0.25) is 5.60 Å². The molecule has 0 saturated carbocycles. The maximum Gasteiger partial charge on any atom is 1.00 e. The van der Waals surface area contributed by atoms with Crippen molar-refractivity contribution in [1.29, 1.82) is 0 Å². The monoisotopic (exact) mass is 271 g/mol. The normalized spacial score (nSPS) is 13.5. The third-order valence-corrected chi connectivity index (χ3v) is 6.17. The highest BCUT2D eigenvalue weighted by molar-refractivity contribution is 6.52. The summed E-state index contributed by atoms with van der Waals surface area (Å²) >= 11 is 0. The average molecular weight is 272 g/mol. The Morgan fingerprint density at radius 3 is 1.14 bits per heavy atom. The van der Waals surface area contributed by atoms with E-state index in [4.69, 9.17) is 13.3 Å². The zero-order chi connectivity index (χ0) is 11.4. The Hall–Kier alpha value is 0.748. The summed E-state index contributed by atoms with van der Waals surface area (Å²) in [6, 6.07) is 0. The van der Waals surface area contributed by atoms with Crippen LogP contribution in [0.1, 0.15) is 4.28 Å². The molecule has 0 atom stereocenters. The molecular weight excluding hydrogens is 244 g/mol. The van der Waals surface area contributed by atoms with Gasteiger partial charge in [-0.15, -0.1) is 0 Å². The summed E-state index contributed by atoms with van der Waals surface area (Å²) in [7, 11) is -2.45. The molecule has 0 aromatic rings. The molecule has 3 nitrogen and oxygen atoms in total. The van der Waals surface area contributed by atoms with Gasteiger partial charge in [-0.1, -0.05) is 0 Å². The van der Waals surface area contributed by atoms with E-state index in [1.54, 1.807) is 0 Å². The maximum absolute atomic E-state index is 5.89. The fourth-order valence-electron chi connectivity index (χ4n) is 1.37. The molecule has 86 valence electrons. The van der Waals surface area contributed by atoms with Gasteiger partial charge in [-0.2, -0.15) is 0 Å². The molecule has 0 unspecified atom stereocenters. The highest BCUT2D eigenvalue weighted by Crippen LogP contribution is 2.15. The molecule has 0 fully saturated rings. The van der Waals surface area contributed by atoms with E-state index in [9.17, 15) is 0 Å². The van der Waals surface area contributed by atoms with Crippen molar-refractivity contribution in [3.05, 3.63) is 0 Å². The van der Waals surface area contributed by atoms with Crippen molar-refractivity contribution in [2.45, 2.75) is 44.9 Å². The van der Waals surface area contributed by atoms with Crippen molar-refractivity contribution in [2.75, 3.05) is 0 Å². The zero-order valence-corrected chi connectivity index (χ0v) is 15.9. The number of rotatable bonds is 6. The Morgan fingerprint density at radius 1 is 0.786 bits per heavy atom. The van der Waals surface area contributed by atoms with E-state index in [1.807, 2.05) is 0 Å². The zero-order valence-electron chi connectivity index (χ0n) is 13.5. The standard InChI is InChI=1S/C7H24O3Si4/c1-12(2)8-7(11,9-13(3)4)10-14(5)6/h12-14H,1-6,11H3/p+3. The first-order valence-electron chi connectivity index (χ1n) is 5.28. The molecule has 0 N–H and O–H groups in total. The predicted molar refractivity (Wildman–Crippen MR) is 75.9 cm³/mol. The summed E-state index contributed by atoms with van der Waals surface area (Å²) < 4.78 is 17.7. The highest BCUT2D eigenvalue weighted by Gasteiger charge is 2.29. The van der Waals surface area contributed by atoms with E-state index in [1.165, 1.54) is 0 Å². The van der Waals surface area contributed by atoms with Crippen molar-refractivity contribution in [1.82, 2.24) is 0 Å². The Morgan fingerprint density at radius 2 is 1.00 bits per heavy atom. The van der Waals surface area contributed by atoms with E-state index in [0.29, 0.717) is 0 Å². The van der Waals surface area contributed by atoms with Crippen molar-refractivity contribution in [2.24, 2.45) is 0 Å². The van der Waals surface area contributed by atoms with Crippen molar-refractivity contribution < 1.29 is 17.6 Å². The van der Waals surface area contributed by atoms with Gasteiger partial charge >= 0.3 is 4.28 Å². The molecule has 0 spiro atoms. The van der Waals surface area contributed by atoms with Gasteiger partial charge in [0, 0.05) is 0 Å². The summed E-state index contributed by atoms with van der Waals surface area (Å²) in [5, 5.41) is 0. The maximum atomic E-state index is 5.89. The van der Waals surface area contributed by atoms with Gasteiger partial charge in [0.05, 0.1) is 0 Å². The summed E-state index contributed by atoms with van der Waals surface area (Å²) in [6.07, 6.45) is 0. The summed E-state index contributed by atoms with van der Waals surface area (Å²) in [6.45, 7) is 12.9. The van der Waals surface area contributed by atoms with Crippen molar-refractivity contribution in [3.8, 4) is 0 Å². The van der Waals surface area contributed by atoms with Crippen LogP contribution in [-0.2, 0) is 13.3 Å². The summed E-state index contributed by atoms with van der Waals surface area (Å²) in [4.78, 5) is 0. The molecule has 0 radical (unpaired) electrons. The molecule has 0 bridgehead atoms. The minimum atomic E-state index is -1.08. The molecule has 0 rings (SSSR count). The van der Waals surface area contributed by atoms with E-state index < -0.39 is 32.7 Å². The molecule has 0 aromatic carbocycles. The van der Waals surface area contributed by atoms with Crippen LogP contribution in [0.2, 0.25) is 39.3 Å². The Kier molecular flexibility index (Phi) is 6.70. The van der Waals surface area contributed by atoms with Crippen LogP contribution >= 0.6 is 0 Å². The Labute approximate surface area is 100 Å². The first-order chi connectivity index (χ1) is 6.25. The predicted octanol–water partition coefficient (Wildman–Crippen LogP) is 0.301. The fraction of sp³-hybridized carbons (Fsp3) is 1.00. The third-order valence-electron chi connectivity index (χ3n) is 1.35. The van der Waals surface area contributed by atoms with Crippen LogP contribution in [0.5, 0.6) is 0 Å². The highest BCUT2D eigenvalue weighted by atomic mass is 28.3. The van der Waals surface area contributed by atoms with Crippen LogP contribution < -0.4 is 0 Å². The summed E-state index contributed by atoms with van der Waals surface area (Å²) in [5.74, 6) is 0. The molecule has 0 aromatic heterocycles. The lowest BCUT2D eigenvalue weighted by atomic mass is 11.3. The largest absolute Gasteiger partial charge is 1.00 e. The first-order valence-corrected chi connectivity index (χ1v) is 14.6. The van der Waals surface area contributed by atoms with Crippen LogP contribution in [0.15, 0.2) is 0 Å². The van der Waals surface area contributed by atoms with Gasteiger partial charge in [-0.05, 0) is 39.3 Å². The molecule has 0 aliphatic rings. The van der Waals surface area contributed by atoms with Crippen LogP contribution in [0.3, 0.4) is 0 Å². The smallest absolute Gasteiger partial charge is 0.379 e. The Bertz CT molecular complexity index is 148. The lowest BCUT2D eigenvalue weighted by molar-refractivity contribution is -0.192. The second kappa shape index (κ2) is 6.36. The van der Waals surface area contributed by atoms with E-state index in [2.05, 4.69) is 39.3 Å².